The maximum Gasteiger partial charge on any atom is 0.254 e. The average molecular weight is 536 g/mol. The van der Waals surface area contributed by atoms with Crippen LogP contribution in [0.2, 0.25) is 0 Å². The summed E-state index contributed by atoms with van der Waals surface area (Å²) in [5.74, 6) is 1.95. The van der Waals surface area contributed by atoms with E-state index in [1.54, 1.807) is 44.4 Å². The van der Waals surface area contributed by atoms with Crippen LogP contribution in [0.5, 0.6) is 11.5 Å². The molecule has 0 bridgehead atoms. The molecule has 0 saturated carbocycles. The number of nitrogens with one attached hydrogen (secondary N) is 1. The fourth-order valence-corrected chi connectivity index (χ4v) is 4.88. The lowest BCUT2D eigenvalue weighted by Gasteiger charge is -2.33. The molecule has 1 fully saturated rings. The second-order valence-corrected chi connectivity index (χ2v) is 10.9. The molecule has 1 saturated heterocycles. The Labute approximate surface area is 229 Å². The van der Waals surface area contributed by atoms with Gasteiger partial charge in [0.15, 0.2) is 11.5 Å². The Kier molecular flexibility index (Phi) is 13.3. The van der Waals surface area contributed by atoms with Crippen LogP contribution in [0.1, 0.15) is 50.9 Å². The Hall–Kier alpha value is -2.36. The molecule has 1 aliphatic heterocycles. The molecule has 9 nitrogen and oxygen atoms in total. The minimum absolute atomic E-state index is 0.0138. The maximum atomic E-state index is 13.7. The van der Waals surface area contributed by atoms with Crippen molar-refractivity contribution in [2.45, 2.75) is 52.7 Å². The summed E-state index contributed by atoms with van der Waals surface area (Å²) in [7, 11) is 6.69. The Bertz CT molecular complexity index is 878. The van der Waals surface area contributed by atoms with E-state index in [9.17, 15) is 9.59 Å². The van der Waals surface area contributed by atoms with Crippen LogP contribution in [-0.4, -0.2) is 102 Å². The highest BCUT2D eigenvalue weighted by atomic mass is 16.5. The topological polar surface area (TPSA) is 89.6 Å². The molecular weight excluding hydrogens is 486 g/mol. The van der Waals surface area contributed by atoms with Crippen molar-refractivity contribution in [3.8, 4) is 11.5 Å². The van der Waals surface area contributed by atoms with Gasteiger partial charge in [-0.05, 0) is 56.2 Å². The number of methoxy groups -OCH3 is 3. The third-order valence-corrected chi connectivity index (χ3v) is 7.09. The molecule has 0 radical (unpaired) electrons. The molecule has 1 unspecified atom stereocenters. The first-order valence-corrected chi connectivity index (χ1v) is 13.7. The van der Waals surface area contributed by atoms with Crippen LogP contribution in [-0.2, 0) is 14.3 Å². The van der Waals surface area contributed by atoms with Crippen molar-refractivity contribution in [1.29, 1.82) is 0 Å². The van der Waals surface area contributed by atoms with Gasteiger partial charge in [-0.3, -0.25) is 9.59 Å². The number of carbonyl (C=O) groups is 2. The molecule has 1 aromatic carbocycles. The van der Waals surface area contributed by atoms with Gasteiger partial charge in [0, 0.05) is 72.1 Å². The lowest BCUT2D eigenvalue weighted by molar-refractivity contribution is -0.142. The van der Waals surface area contributed by atoms with E-state index in [2.05, 4.69) is 19.2 Å². The van der Waals surface area contributed by atoms with Crippen LogP contribution >= 0.6 is 0 Å². The maximum absolute atomic E-state index is 13.7. The number of ether oxygens (including phenoxy) is 4. The van der Waals surface area contributed by atoms with E-state index in [1.807, 2.05) is 25.8 Å². The van der Waals surface area contributed by atoms with Crippen LogP contribution in [0, 0.1) is 17.8 Å². The largest absolute Gasteiger partial charge is 0.493 e. The molecule has 1 N–H and O–H groups in total. The standard InChI is InChI=1S/C29H49N3O6/c1-20(2)14-27(37-8)29(34)31(5)18-23-16-30-17-24(23)19-32(21(3)4)28(33)22-10-11-25(36-7)26(15-22)38-13-9-12-35-6/h10-11,15,20-21,23-24,27,30H,9,12-14,16-19H2,1-8H3/t23-,24-,27?/m0/s1. The number of hydrogen-bond acceptors (Lipinski definition) is 7. The van der Waals surface area contributed by atoms with E-state index in [4.69, 9.17) is 18.9 Å². The van der Waals surface area contributed by atoms with Crippen molar-refractivity contribution >= 4 is 11.8 Å². The fourth-order valence-electron chi connectivity index (χ4n) is 4.88. The third kappa shape index (κ3) is 9.13. The van der Waals surface area contributed by atoms with Crippen molar-refractivity contribution in [2.24, 2.45) is 17.8 Å². The third-order valence-electron chi connectivity index (χ3n) is 7.09. The van der Waals surface area contributed by atoms with E-state index < -0.39 is 6.10 Å². The summed E-state index contributed by atoms with van der Waals surface area (Å²) >= 11 is 0. The second kappa shape index (κ2) is 15.9. The Morgan fingerprint density at radius 2 is 1.68 bits per heavy atom. The zero-order valence-electron chi connectivity index (χ0n) is 24.6. The predicted octanol–water partition coefficient (Wildman–Crippen LogP) is 3.32. The molecular formula is C29H49N3O6. The van der Waals surface area contributed by atoms with Crippen molar-refractivity contribution in [3.63, 3.8) is 0 Å². The van der Waals surface area contributed by atoms with Crippen molar-refractivity contribution in [2.75, 3.05) is 67.8 Å². The fraction of sp³-hybridized carbons (Fsp3) is 0.724. The van der Waals surface area contributed by atoms with Crippen LogP contribution in [0.3, 0.4) is 0 Å². The highest BCUT2D eigenvalue weighted by Crippen LogP contribution is 2.30. The number of nitrogens with zero attached hydrogens (tertiary/aromatic N) is 2. The SMILES string of the molecule is COCCCOc1cc(C(=O)N(C[C@@H]2CNC[C@H]2CN(C)C(=O)C(CC(C)C)OC)C(C)C)ccc1OC. The van der Waals surface area contributed by atoms with Gasteiger partial charge < -0.3 is 34.1 Å². The van der Waals surface area contributed by atoms with Gasteiger partial charge >= 0.3 is 0 Å². The Balaban J connectivity index is 2.11. The van der Waals surface area contributed by atoms with Gasteiger partial charge in [0.05, 0.1) is 13.7 Å². The van der Waals surface area contributed by atoms with Crippen LogP contribution in [0.15, 0.2) is 18.2 Å². The predicted molar refractivity (Wildman–Crippen MR) is 149 cm³/mol. The summed E-state index contributed by atoms with van der Waals surface area (Å²) in [5.41, 5.74) is 0.563. The van der Waals surface area contributed by atoms with E-state index in [0.717, 1.165) is 19.5 Å². The van der Waals surface area contributed by atoms with Gasteiger partial charge in [-0.1, -0.05) is 13.8 Å². The summed E-state index contributed by atoms with van der Waals surface area (Å²) in [6, 6.07) is 5.34. The molecule has 2 amide bonds. The highest BCUT2D eigenvalue weighted by molar-refractivity contribution is 5.95. The average Bonchev–Trinajstić information content (AvgIpc) is 3.33. The summed E-state index contributed by atoms with van der Waals surface area (Å²) in [6.07, 6.45) is 1.01. The molecule has 0 aliphatic carbocycles. The minimum atomic E-state index is -0.428. The molecule has 38 heavy (non-hydrogen) atoms. The quantitative estimate of drug-likeness (QED) is 0.325. The summed E-state index contributed by atoms with van der Waals surface area (Å²) in [5, 5.41) is 3.47. The van der Waals surface area contributed by atoms with E-state index in [1.165, 1.54) is 0 Å². The second-order valence-electron chi connectivity index (χ2n) is 10.9. The zero-order valence-corrected chi connectivity index (χ0v) is 24.6. The summed E-state index contributed by atoms with van der Waals surface area (Å²) in [4.78, 5) is 30.4. The smallest absolute Gasteiger partial charge is 0.254 e. The van der Waals surface area contributed by atoms with Gasteiger partial charge in [-0.15, -0.1) is 0 Å². The Morgan fingerprint density at radius 3 is 2.26 bits per heavy atom. The van der Waals surface area contributed by atoms with Crippen molar-refractivity contribution < 1.29 is 28.5 Å². The normalized spacial score (nSPS) is 18.1. The lowest BCUT2D eigenvalue weighted by Crippen LogP contribution is -2.45. The van der Waals surface area contributed by atoms with Gasteiger partial charge in [-0.2, -0.15) is 0 Å². The first kappa shape index (κ1) is 31.9. The first-order valence-electron chi connectivity index (χ1n) is 13.7. The van der Waals surface area contributed by atoms with Gasteiger partial charge in [0.25, 0.3) is 11.8 Å². The first-order chi connectivity index (χ1) is 18.1. The molecule has 1 aliphatic rings. The summed E-state index contributed by atoms with van der Waals surface area (Å²) < 4.78 is 21.9. The molecule has 2 rings (SSSR count). The number of hydrogen-bond donors (Lipinski definition) is 1. The molecule has 9 heteroatoms. The lowest BCUT2D eigenvalue weighted by atomic mass is 9.93. The molecule has 1 aromatic rings. The number of amides is 2. The van der Waals surface area contributed by atoms with Crippen molar-refractivity contribution in [3.05, 3.63) is 23.8 Å². The van der Waals surface area contributed by atoms with E-state index in [0.29, 0.717) is 55.7 Å². The molecule has 0 aromatic heterocycles. The Morgan fingerprint density at radius 1 is 1.00 bits per heavy atom. The number of benzene rings is 1. The van der Waals surface area contributed by atoms with Crippen LogP contribution in [0.25, 0.3) is 0 Å². The number of likely N-dealkylation sites (N-methyl/N-ethyl adjacent to an activating group) is 1. The van der Waals surface area contributed by atoms with E-state index >= 15 is 0 Å². The number of carbonyl (C=O) groups excluding carboxylic acids is 2. The number of rotatable bonds is 16. The molecule has 216 valence electrons. The van der Waals surface area contributed by atoms with Gasteiger partial charge in [0.2, 0.25) is 0 Å². The molecule has 3 atom stereocenters. The molecule has 1 heterocycles. The van der Waals surface area contributed by atoms with Crippen LogP contribution < -0.4 is 14.8 Å². The summed E-state index contributed by atoms with van der Waals surface area (Å²) in [6.45, 7) is 12.2. The van der Waals surface area contributed by atoms with Gasteiger partial charge in [-0.25, -0.2) is 0 Å². The minimum Gasteiger partial charge on any atom is -0.493 e. The highest BCUT2D eigenvalue weighted by Gasteiger charge is 2.34. The van der Waals surface area contributed by atoms with Crippen LogP contribution in [0.4, 0.5) is 0 Å². The monoisotopic (exact) mass is 535 g/mol. The zero-order chi connectivity index (χ0) is 28.2. The molecule has 0 spiro atoms. The van der Waals surface area contributed by atoms with Gasteiger partial charge in [0.1, 0.15) is 6.10 Å². The van der Waals surface area contributed by atoms with Crippen molar-refractivity contribution in [1.82, 2.24) is 15.1 Å². The van der Waals surface area contributed by atoms with E-state index in [-0.39, 0.29) is 29.7 Å².